The van der Waals surface area contributed by atoms with E-state index in [1.54, 1.807) is 0 Å². The molecule has 0 bridgehead atoms. The standard InChI is InChI=1S/C51H30N4O2/c1-2-10-32(11-3-1)49-52-50(54-51(53-49)55-43-15-7-4-12-37(43)38-13-5-8-16-44(38)55)33-20-18-31(19-21-33)35-22-25-40-41-26-23-36(30-48(41)57-47(40)29-35)34-24-27-46-42(28-34)39-14-6-9-17-45(39)56-46/h1-30H. The van der Waals surface area contributed by atoms with Crippen LogP contribution in [0, 0.1) is 0 Å². The Balaban J connectivity index is 0.914. The van der Waals surface area contributed by atoms with Crippen LogP contribution in [0.3, 0.4) is 0 Å². The second kappa shape index (κ2) is 12.3. The number of rotatable bonds is 5. The van der Waals surface area contributed by atoms with Gasteiger partial charge in [-0.1, -0.05) is 127 Å². The van der Waals surface area contributed by atoms with Gasteiger partial charge in [-0.15, -0.1) is 0 Å². The van der Waals surface area contributed by atoms with Crippen LogP contribution in [0.1, 0.15) is 0 Å². The lowest BCUT2D eigenvalue weighted by molar-refractivity contribution is 0.669. The number of para-hydroxylation sites is 3. The molecule has 0 saturated carbocycles. The number of benzene rings is 8. The number of fused-ring (bicyclic) bond motifs is 9. The number of furan rings is 2. The molecule has 0 saturated heterocycles. The van der Waals surface area contributed by atoms with Gasteiger partial charge in [-0.2, -0.15) is 9.97 Å². The molecule has 12 aromatic rings. The van der Waals surface area contributed by atoms with E-state index in [1.165, 1.54) is 0 Å². The van der Waals surface area contributed by atoms with Gasteiger partial charge in [0.25, 0.3) is 0 Å². The number of aromatic nitrogens is 4. The first kappa shape index (κ1) is 31.5. The van der Waals surface area contributed by atoms with Gasteiger partial charge >= 0.3 is 0 Å². The molecule has 0 unspecified atom stereocenters. The molecule has 0 aliphatic rings. The summed E-state index contributed by atoms with van der Waals surface area (Å²) >= 11 is 0. The Morgan fingerprint density at radius 3 is 1.44 bits per heavy atom. The molecule has 8 aromatic carbocycles. The van der Waals surface area contributed by atoms with E-state index in [-0.39, 0.29) is 0 Å². The summed E-state index contributed by atoms with van der Waals surface area (Å²) in [5.41, 5.74) is 11.8. The van der Waals surface area contributed by atoms with Crippen molar-refractivity contribution in [2.75, 3.05) is 0 Å². The molecule has 0 atom stereocenters. The lowest BCUT2D eigenvalue weighted by Crippen LogP contribution is -2.06. The van der Waals surface area contributed by atoms with Crippen molar-refractivity contribution in [1.82, 2.24) is 19.5 Å². The Morgan fingerprint density at radius 2 is 0.754 bits per heavy atom. The van der Waals surface area contributed by atoms with Gasteiger partial charge in [0, 0.05) is 43.4 Å². The SMILES string of the molecule is c1ccc(-c2nc(-c3ccc(-c4ccc5c(c4)oc4cc(-c6ccc7oc8ccccc8c7c6)ccc45)cc3)nc(-n3c4ccccc4c4ccccc43)n2)cc1. The highest BCUT2D eigenvalue weighted by Gasteiger charge is 2.18. The molecule has 0 radical (unpaired) electrons. The molecular formula is C51H30N4O2. The topological polar surface area (TPSA) is 69.9 Å². The summed E-state index contributed by atoms with van der Waals surface area (Å²) in [7, 11) is 0. The molecule has 266 valence electrons. The molecule has 6 nitrogen and oxygen atoms in total. The molecule has 0 fully saturated rings. The summed E-state index contributed by atoms with van der Waals surface area (Å²) in [5, 5.41) is 6.72. The molecule has 12 rings (SSSR count). The van der Waals surface area contributed by atoms with Gasteiger partial charge in [-0.3, -0.25) is 4.57 Å². The molecule has 0 amide bonds. The largest absolute Gasteiger partial charge is 0.456 e. The maximum atomic E-state index is 6.53. The van der Waals surface area contributed by atoms with E-state index in [2.05, 4.69) is 138 Å². The van der Waals surface area contributed by atoms with Gasteiger partial charge < -0.3 is 8.83 Å². The van der Waals surface area contributed by atoms with Crippen LogP contribution < -0.4 is 0 Å². The van der Waals surface area contributed by atoms with Gasteiger partial charge in [0.2, 0.25) is 5.95 Å². The van der Waals surface area contributed by atoms with Crippen LogP contribution in [0.15, 0.2) is 191 Å². The Hall–Kier alpha value is -7.83. The molecule has 0 spiro atoms. The van der Waals surface area contributed by atoms with Crippen molar-refractivity contribution >= 4 is 65.7 Å². The van der Waals surface area contributed by atoms with Gasteiger partial charge in [0.15, 0.2) is 11.6 Å². The summed E-state index contributed by atoms with van der Waals surface area (Å²) in [6, 6.07) is 62.8. The summed E-state index contributed by atoms with van der Waals surface area (Å²) in [6.07, 6.45) is 0. The van der Waals surface area contributed by atoms with Crippen molar-refractivity contribution in [2.24, 2.45) is 0 Å². The van der Waals surface area contributed by atoms with Crippen LogP contribution in [0.5, 0.6) is 0 Å². The van der Waals surface area contributed by atoms with Crippen LogP contribution in [0.2, 0.25) is 0 Å². The summed E-state index contributed by atoms with van der Waals surface area (Å²) in [4.78, 5) is 15.2. The Kier molecular flexibility index (Phi) is 6.83. The fraction of sp³-hybridized carbons (Fsp3) is 0. The third-order valence-corrected chi connectivity index (χ3v) is 11.1. The minimum Gasteiger partial charge on any atom is -0.456 e. The monoisotopic (exact) mass is 730 g/mol. The zero-order chi connectivity index (χ0) is 37.5. The molecule has 57 heavy (non-hydrogen) atoms. The Labute approximate surface area is 325 Å². The van der Waals surface area contributed by atoms with Crippen LogP contribution in [-0.2, 0) is 0 Å². The lowest BCUT2D eigenvalue weighted by Gasteiger charge is -2.11. The third-order valence-electron chi connectivity index (χ3n) is 11.1. The van der Waals surface area contributed by atoms with E-state index in [1.807, 2.05) is 48.5 Å². The molecule has 0 aliphatic carbocycles. The zero-order valence-electron chi connectivity index (χ0n) is 30.4. The number of nitrogens with zero attached hydrogens (tertiary/aromatic N) is 4. The summed E-state index contributed by atoms with van der Waals surface area (Å²) < 4.78 is 14.7. The maximum Gasteiger partial charge on any atom is 0.238 e. The predicted molar refractivity (Wildman–Crippen MR) is 230 cm³/mol. The second-order valence-electron chi connectivity index (χ2n) is 14.4. The Bertz CT molecular complexity index is 3470. The summed E-state index contributed by atoms with van der Waals surface area (Å²) in [5.74, 6) is 1.81. The highest BCUT2D eigenvalue weighted by molar-refractivity contribution is 6.10. The molecule has 0 aliphatic heterocycles. The van der Waals surface area contributed by atoms with Gasteiger partial charge in [0.1, 0.15) is 22.3 Å². The molecule has 4 heterocycles. The van der Waals surface area contributed by atoms with Crippen molar-refractivity contribution < 1.29 is 8.83 Å². The number of hydrogen-bond acceptors (Lipinski definition) is 5. The van der Waals surface area contributed by atoms with Crippen LogP contribution >= 0.6 is 0 Å². The predicted octanol–water partition coefficient (Wildman–Crippen LogP) is 13.4. The van der Waals surface area contributed by atoms with Gasteiger partial charge in [-0.25, -0.2) is 4.98 Å². The van der Waals surface area contributed by atoms with E-state index < -0.39 is 0 Å². The van der Waals surface area contributed by atoms with Crippen LogP contribution in [0.4, 0.5) is 0 Å². The van der Waals surface area contributed by atoms with Crippen molar-refractivity contribution in [1.29, 1.82) is 0 Å². The Morgan fingerprint density at radius 1 is 0.298 bits per heavy atom. The number of hydrogen-bond donors (Lipinski definition) is 0. The minimum atomic E-state index is 0.578. The highest BCUT2D eigenvalue weighted by atomic mass is 16.3. The van der Waals surface area contributed by atoms with Crippen molar-refractivity contribution in [3.63, 3.8) is 0 Å². The van der Waals surface area contributed by atoms with Crippen LogP contribution in [0.25, 0.3) is 117 Å². The van der Waals surface area contributed by atoms with E-state index in [0.29, 0.717) is 17.6 Å². The van der Waals surface area contributed by atoms with E-state index >= 15 is 0 Å². The average molecular weight is 731 g/mol. The maximum absolute atomic E-state index is 6.53. The highest BCUT2D eigenvalue weighted by Crippen LogP contribution is 2.38. The van der Waals surface area contributed by atoms with Gasteiger partial charge in [0.05, 0.1) is 11.0 Å². The molecular weight excluding hydrogens is 701 g/mol. The average Bonchev–Trinajstić information content (AvgIpc) is 3.95. The summed E-state index contributed by atoms with van der Waals surface area (Å²) in [6.45, 7) is 0. The van der Waals surface area contributed by atoms with Crippen molar-refractivity contribution in [3.05, 3.63) is 182 Å². The zero-order valence-corrected chi connectivity index (χ0v) is 30.4. The first-order chi connectivity index (χ1) is 28.2. The fourth-order valence-corrected chi connectivity index (χ4v) is 8.30. The third kappa shape index (κ3) is 5.08. The van der Waals surface area contributed by atoms with Crippen LogP contribution in [-0.4, -0.2) is 19.5 Å². The quantitative estimate of drug-likeness (QED) is 0.176. The molecule has 6 heteroatoms. The smallest absolute Gasteiger partial charge is 0.238 e. The lowest BCUT2D eigenvalue weighted by atomic mass is 10.00. The van der Waals surface area contributed by atoms with Crippen molar-refractivity contribution in [2.45, 2.75) is 0 Å². The fourth-order valence-electron chi connectivity index (χ4n) is 8.30. The first-order valence-corrected chi connectivity index (χ1v) is 19.0. The minimum absolute atomic E-state index is 0.578. The first-order valence-electron chi connectivity index (χ1n) is 19.0. The van der Waals surface area contributed by atoms with E-state index in [4.69, 9.17) is 23.8 Å². The second-order valence-corrected chi connectivity index (χ2v) is 14.4. The molecule has 4 aromatic heterocycles. The normalized spacial score (nSPS) is 11.9. The van der Waals surface area contributed by atoms with E-state index in [9.17, 15) is 0 Å². The van der Waals surface area contributed by atoms with E-state index in [0.717, 1.165) is 99.1 Å². The molecule has 0 N–H and O–H groups in total. The van der Waals surface area contributed by atoms with Gasteiger partial charge in [-0.05, 0) is 76.9 Å². The van der Waals surface area contributed by atoms with Crippen molar-refractivity contribution in [3.8, 4) is 51.0 Å².